The summed E-state index contributed by atoms with van der Waals surface area (Å²) in [6, 6.07) is 14.0. The summed E-state index contributed by atoms with van der Waals surface area (Å²) >= 11 is 0. The van der Waals surface area contributed by atoms with Crippen molar-refractivity contribution >= 4 is 23.0 Å². The Balaban J connectivity index is 2.32. The monoisotopic (exact) mass is 280 g/mol. The van der Waals surface area contributed by atoms with E-state index < -0.39 is 0 Å². The van der Waals surface area contributed by atoms with E-state index in [9.17, 15) is 4.79 Å². The minimum Gasteiger partial charge on any atom is -0.399 e. The fourth-order valence-electron chi connectivity index (χ4n) is 1.99. The van der Waals surface area contributed by atoms with Crippen molar-refractivity contribution in [2.75, 3.05) is 30.0 Å². The molecule has 2 aromatic rings. The number of benzene rings is 2. The fraction of sp³-hybridized carbons (Fsp3) is 0.125. The normalized spacial score (nSPS) is 9.76. The number of carbonyl (C=O) groups is 1. The number of amides is 1. The van der Waals surface area contributed by atoms with Gasteiger partial charge >= 0.3 is 0 Å². The Kier molecular flexibility index (Phi) is 4.10. The van der Waals surface area contributed by atoms with Crippen molar-refractivity contribution < 1.29 is 4.79 Å². The Morgan fingerprint density at radius 2 is 2.00 bits per heavy atom. The summed E-state index contributed by atoms with van der Waals surface area (Å²) in [5.74, 6) is -0.263. The minimum atomic E-state index is -0.263. The van der Waals surface area contributed by atoms with Crippen LogP contribution in [0.25, 0.3) is 0 Å². The third-order valence-corrected chi connectivity index (χ3v) is 3.00. The zero-order valence-corrected chi connectivity index (χ0v) is 11.9. The molecule has 0 radical (unpaired) electrons. The highest BCUT2D eigenvalue weighted by atomic mass is 16.1. The molecule has 0 saturated heterocycles. The van der Waals surface area contributed by atoms with Gasteiger partial charge in [0.1, 0.15) is 0 Å². The number of nitrogens with zero attached hydrogens (tertiary/aromatic N) is 2. The molecular weight excluding hydrogens is 264 g/mol. The topological polar surface area (TPSA) is 82.2 Å². The molecule has 2 rings (SSSR count). The molecule has 0 bridgehead atoms. The summed E-state index contributed by atoms with van der Waals surface area (Å²) in [6.07, 6.45) is 0. The molecular formula is C16H16N4O. The number of carbonyl (C=O) groups excluding carboxylic acids is 1. The predicted molar refractivity (Wildman–Crippen MR) is 84.3 cm³/mol. The van der Waals surface area contributed by atoms with Crippen molar-refractivity contribution in [3.8, 4) is 6.07 Å². The quantitative estimate of drug-likeness (QED) is 0.846. The molecule has 3 N–H and O–H groups in total. The molecule has 0 heterocycles. The van der Waals surface area contributed by atoms with Crippen LogP contribution in [-0.2, 0) is 0 Å². The van der Waals surface area contributed by atoms with E-state index in [0.29, 0.717) is 22.5 Å². The molecule has 0 aliphatic heterocycles. The van der Waals surface area contributed by atoms with Gasteiger partial charge in [0.15, 0.2) is 0 Å². The maximum absolute atomic E-state index is 12.4. The Morgan fingerprint density at radius 3 is 2.67 bits per heavy atom. The second kappa shape index (κ2) is 5.97. The average Bonchev–Trinajstić information content (AvgIpc) is 2.47. The summed E-state index contributed by atoms with van der Waals surface area (Å²) in [5.41, 5.74) is 8.62. The number of nitrogen functional groups attached to an aromatic ring is 1. The zero-order chi connectivity index (χ0) is 15.4. The van der Waals surface area contributed by atoms with Gasteiger partial charge in [0.2, 0.25) is 0 Å². The lowest BCUT2D eigenvalue weighted by Gasteiger charge is -2.17. The van der Waals surface area contributed by atoms with Crippen LogP contribution in [0.15, 0.2) is 42.5 Å². The maximum Gasteiger partial charge on any atom is 0.257 e. The van der Waals surface area contributed by atoms with Gasteiger partial charge in [-0.3, -0.25) is 4.79 Å². The van der Waals surface area contributed by atoms with Crippen LogP contribution in [0.4, 0.5) is 17.1 Å². The molecule has 0 aliphatic carbocycles. The maximum atomic E-state index is 12.4. The van der Waals surface area contributed by atoms with Crippen LogP contribution < -0.4 is 16.0 Å². The number of hydrogen-bond acceptors (Lipinski definition) is 4. The number of nitrogens with two attached hydrogens (primary N) is 1. The van der Waals surface area contributed by atoms with Crippen LogP contribution in [0, 0.1) is 11.3 Å². The lowest BCUT2D eigenvalue weighted by molar-refractivity contribution is 0.102. The van der Waals surface area contributed by atoms with Gasteiger partial charge in [-0.15, -0.1) is 0 Å². The van der Waals surface area contributed by atoms with Gasteiger partial charge in [0, 0.05) is 31.2 Å². The summed E-state index contributed by atoms with van der Waals surface area (Å²) in [5, 5.41) is 11.7. The number of nitrogens with one attached hydrogen (secondary N) is 1. The first-order chi connectivity index (χ1) is 10.0. The van der Waals surface area contributed by atoms with Gasteiger partial charge in [-0.1, -0.05) is 6.07 Å². The molecule has 1 amide bonds. The van der Waals surface area contributed by atoms with Gasteiger partial charge in [-0.2, -0.15) is 5.26 Å². The van der Waals surface area contributed by atoms with Crippen molar-refractivity contribution in [3.63, 3.8) is 0 Å². The third kappa shape index (κ3) is 3.31. The van der Waals surface area contributed by atoms with Crippen molar-refractivity contribution in [1.29, 1.82) is 5.26 Å². The van der Waals surface area contributed by atoms with Crippen LogP contribution in [0.5, 0.6) is 0 Å². The van der Waals surface area contributed by atoms with E-state index in [2.05, 4.69) is 5.32 Å². The minimum absolute atomic E-state index is 0.263. The molecule has 0 saturated carbocycles. The molecule has 0 atom stereocenters. The van der Waals surface area contributed by atoms with Crippen molar-refractivity contribution in [1.82, 2.24) is 0 Å². The molecule has 5 heteroatoms. The SMILES string of the molecule is CN(C)c1ccc(N)cc1C(=O)Nc1cccc(C#N)c1. The Hall–Kier alpha value is -3.00. The van der Waals surface area contributed by atoms with E-state index in [1.165, 1.54) is 0 Å². The molecule has 0 aromatic heterocycles. The first-order valence-corrected chi connectivity index (χ1v) is 6.39. The summed E-state index contributed by atoms with van der Waals surface area (Å²) in [7, 11) is 3.72. The van der Waals surface area contributed by atoms with E-state index in [4.69, 9.17) is 11.0 Å². The molecule has 21 heavy (non-hydrogen) atoms. The van der Waals surface area contributed by atoms with Crippen LogP contribution in [0.3, 0.4) is 0 Å². The molecule has 0 fully saturated rings. The van der Waals surface area contributed by atoms with Crippen LogP contribution in [-0.4, -0.2) is 20.0 Å². The van der Waals surface area contributed by atoms with E-state index in [-0.39, 0.29) is 5.91 Å². The summed E-state index contributed by atoms with van der Waals surface area (Å²) in [6.45, 7) is 0. The molecule has 0 unspecified atom stereocenters. The third-order valence-electron chi connectivity index (χ3n) is 3.00. The second-order valence-electron chi connectivity index (χ2n) is 4.82. The van der Waals surface area contributed by atoms with Crippen LogP contribution >= 0.6 is 0 Å². The van der Waals surface area contributed by atoms with Crippen molar-refractivity contribution in [2.45, 2.75) is 0 Å². The molecule has 2 aromatic carbocycles. The standard InChI is InChI=1S/C16H16N4O/c1-20(2)15-7-6-12(18)9-14(15)16(21)19-13-5-3-4-11(8-13)10-17/h3-9H,18H2,1-2H3,(H,19,21). The van der Waals surface area contributed by atoms with Gasteiger partial charge in [0.05, 0.1) is 17.2 Å². The van der Waals surface area contributed by atoms with Gasteiger partial charge in [-0.25, -0.2) is 0 Å². The summed E-state index contributed by atoms with van der Waals surface area (Å²) in [4.78, 5) is 14.3. The summed E-state index contributed by atoms with van der Waals surface area (Å²) < 4.78 is 0. The number of rotatable bonds is 3. The van der Waals surface area contributed by atoms with E-state index >= 15 is 0 Å². The highest BCUT2D eigenvalue weighted by Crippen LogP contribution is 2.23. The van der Waals surface area contributed by atoms with Crippen molar-refractivity contribution in [3.05, 3.63) is 53.6 Å². The predicted octanol–water partition coefficient (Wildman–Crippen LogP) is 2.46. The Labute approximate surface area is 123 Å². The Bertz CT molecular complexity index is 716. The van der Waals surface area contributed by atoms with Crippen LogP contribution in [0.2, 0.25) is 0 Å². The lowest BCUT2D eigenvalue weighted by atomic mass is 10.1. The van der Waals surface area contributed by atoms with Gasteiger partial charge in [0.25, 0.3) is 5.91 Å². The molecule has 0 spiro atoms. The molecule has 5 nitrogen and oxygen atoms in total. The number of nitriles is 1. The van der Waals surface area contributed by atoms with Crippen molar-refractivity contribution in [2.24, 2.45) is 0 Å². The zero-order valence-electron chi connectivity index (χ0n) is 11.9. The smallest absolute Gasteiger partial charge is 0.257 e. The van der Waals surface area contributed by atoms with Gasteiger partial charge < -0.3 is 16.0 Å². The first kappa shape index (κ1) is 14.4. The number of anilines is 3. The molecule has 0 aliphatic rings. The lowest BCUT2D eigenvalue weighted by Crippen LogP contribution is -2.18. The van der Waals surface area contributed by atoms with E-state index in [0.717, 1.165) is 5.69 Å². The largest absolute Gasteiger partial charge is 0.399 e. The van der Waals surface area contributed by atoms with E-state index in [1.807, 2.05) is 25.1 Å². The highest BCUT2D eigenvalue weighted by molar-refractivity contribution is 6.08. The van der Waals surface area contributed by atoms with Crippen LogP contribution in [0.1, 0.15) is 15.9 Å². The van der Waals surface area contributed by atoms with Gasteiger partial charge in [-0.05, 0) is 36.4 Å². The second-order valence-corrected chi connectivity index (χ2v) is 4.82. The first-order valence-electron chi connectivity index (χ1n) is 6.39. The van der Waals surface area contributed by atoms with E-state index in [1.54, 1.807) is 42.5 Å². The average molecular weight is 280 g/mol. The Morgan fingerprint density at radius 1 is 1.24 bits per heavy atom. The fourth-order valence-corrected chi connectivity index (χ4v) is 1.99. The highest BCUT2D eigenvalue weighted by Gasteiger charge is 2.13. The molecule has 106 valence electrons. The number of hydrogen-bond donors (Lipinski definition) is 2.